The molecule has 2 unspecified atom stereocenters. The molecular weight excluding hydrogens is 324 g/mol. The summed E-state index contributed by atoms with van der Waals surface area (Å²) in [7, 11) is 0. The number of aromatic hydroxyl groups is 2. The van der Waals surface area contributed by atoms with Gasteiger partial charge < -0.3 is 14.9 Å². The molecule has 1 saturated heterocycles. The number of fused-ring (bicyclic) bond motifs is 2. The van der Waals surface area contributed by atoms with Gasteiger partial charge in [0.25, 0.3) is 5.91 Å². The van der Waals surface area contributed by atoms with Crippen LogP contribution >= 0.6 is 0 Å². The van der Waals surface area contributed by atoms with Gasteiger partial charge in [0.1, 0.15) is 11.5 Å². The van der Waals surface area contributed by atoms with Gasteiger partial charge in [-0.05, 0) is 38.8 Å². The van der Waals surface area contributed by atoms with Gasteiger partial charge in [-0.2, -0.15) is 5.10 Å². The molecule has 25 heavy (non-hydrogen) atoms. The second-order valence-electron chi connectivity index (χ2n) is 7.51. The molecule has 1 heterocycles. The number of benzene rings is 1. The first kappa shape index (κ1) is 17.3. The minimum Gasteiger partial charge on any atom is -0.508 e. The molecule has 2 atom stereocenters. The summed E-state index contributed by atoms with van der Waals surface area (Å²) in [5.74, 6) is -1.03. The van der Waals surface area contributed by atoms with Crippen molar-refractivity contribution in [3.05, 3.63) is 23.8 Å². The lowest BCUT2D eigenvalue weighted by Gasteiger charge is -2.34. The van der Waals surface area contributed by atoms with Crippen LogP contribution < -0.4 is 5.43 Å². The molecule has 3 N–H and O–H groups in total. The van der Waals surface area contributed by atoms with Crippen LogP contribution in [0, 0.1) is 10.8 Å². The maximum absolute atomic E-state index is 12.8. The van der Waals surface area contributed by atoms with Crippen LogP contribution in [0.2, 0.25) is 0 Å². The first-order valence-electron chi connectivity index (χ1n) is 8.16. The van der Waals surface area contributed by atoms with Crippen molar-refractivity contribution in [3.63, 3.8) is 0 Å². The quantitative estimate of drug-likeness (QED) is 0.441. The molecule has 1 amide bonds. The topological polar surface area (TPSA) is 108 Å². The third-order valence-electron chi connectivity index (χ3n) is 6.15. The average molecular weight is 346 g/mol. The van der Waals surface area contributed by atoms with Gasteiger partial charge in [-0.15, -0.1) is 0 Å². The fraction of sp³-hybridized carbons (Fsp3) is 0.500. The van der Waals surface area contributed by atoms with Crippen LogP contribution in [-0.4, -0.2) is 33.4 Å². The zero-order chi connectivity index (χ0) is 18.6. The SMILES string of the molecule is CC(=NNC(=O)C12CCC(C)(C(=O)O1)C2(C)C)c1ccc(O)cc1O. The van der Waals surface area contributed by atoms with Crippen LogP contribution in [0.5, 0.6) is 11.5 Å². The van der Waals surface area contributed by atoms with E-state index >= 15 is 0 Å². The molecule has 1 saturated carbocycles. The van der Waals surface area contributed by atoms with Crippen LogP contribution in [0.25, 0.3) is 0 Å². The van der Waals surface area contributed by atoms with Crippen LogP contribution in [-0.2, 0) is 14.3 Å². The number of carbonyl (C=O) groups is 2. The molecule has 1 aromatic carbocycles. The highest BCUT2D eigenvalue weighted by atomic mass is 16.6. The Labute approximate surface area is 145 Å². The van der Waals surface area contributed by atoms with E-state index in [4.69, 9.17) is 4.74 Å². The molecule has 0 aromatic heterocycles. The molecule has 1 aromatic rings. The average Bonchev–Trinajstić information content (AvgIpc) is 2.82. The zero-order valence-corrected chi connectivity index (χ0v) is 14.7. The number of esters is 1. The lowest BCUT2D eigenvalue weighted by Crippen LogP contribution is -2.52. The number of hydrogen-bond donors (Lipinski definition) is 3. The number of hydrogen-bond acceptors (Lipinski definition) is 6. The number of hydrazone groups is 1. The van der Waals surface area contributed by atoms with Crippen LogP contribution in [0.1, 0.15) is 46.1 Å². The van der Waals surface area contributed by atoms with Gasteiger partial charge in [0, 0.05) is 17.0 Å². The molecule has 0 radical (unpaired) electrons. The molecule has 2 fully saturated rings. The highest BCUT2D eigenvalue weighted by molar-refractivity contribution is 6.02. The number of carbonyl (C=O) groups excluding carboxylic acids is 2. The standard InChI is InChI=1S/C18H22N2O5/c1-10(12-6-5-11(21)9-13(12)22)19-20-14(23)18-8-7-17(4,15(24)25-18)16(18,2)3/h5-6,9,21-22H,7-8H2,1-4H3,(H,20,23). The molecular formula is C18H22N2O5. The number of phenolic OH excluding ortho intramolecular Hbond substituents is 2. The maximum atomic E-state index is 12.8. The number of amides is 1. The van der Waals surface area contributed by atoms with Crippen molar-refractivity contribution < 1.29 is 24.5 Å². The Morgan fingerprint density at radius 1 is 1.24 bits per heavy atom. The molecule has 1 aliphatic carbocycles. The Kier molecular flexibility index (Phi) is 3.60. The predicted molar refractivity (Wildman–Crippen MR) is 90.1 cm³/mol. The molecule has 2 bridgehead atoms. The third kappa shape index (κ3) is 2.14. The number of rotatable bonds is 3. The molecule has 2 aliphatic rings. The van der Waals surface area contributed by atoms with E-state index in [0.717, 1.165) is 0 Å². The van der Waals surface area contributed by atoms with E-state index in [1.165, 1.54) is 18.2 Å². The van der Waals surface area contributed by atoms with Gasteiger partial charge >= 0.3 is 5.97 Å². The highest BCUT2D eigenvalue weighted by Gasteiger charge is 2.75. The minimum absolute atomic E-state index is 0.0677. The summed E-state index contributed by atoms with van der Waals surface area (Å²) in [4.78, 5) is 25.0. The largest absolute Gasteiger partial charge is 0.508 e. The summed E-state index contributed by atoms with van der Waals surface area (Å²) in [6.07, 6.45) is 1.04. The number of nitrogens with zero attached hydrogens (tertiary/aromatic N) is 1. The first-order chi connectivity index (χ1) is 11.5. The second kappa shape index (κ2) is 5.21. The van der Waals surface area contributed by atoms with Gasteiger partial charge in [-0.3, -0.25) is 9.59 Å². The summed E-state index contributed by atoms with van der Waals surface area (Å²) < 4.78 is 5.50. The van der Waals surface area contributed by atoms with Crippen LogP contribution in [0.3, 0.4) is 0 Å². The fourth-order valence-corrected chi connectivity index (χ4v) is 3.86. The fourth-order valence-electron chi connectivity index (χ4n) is 3.86. The zero-order valence-electron chi connectivity index (χ0n) is 14.7. The van der Waals surface area contributed by atoms with Gasteiger partial charge in [0.2, 0.25) is 0 Å². The molecule has 7 nitrogen and oxygen atoms in total. The van der Waals surface area contributed by atoms with E-state index < -0.39 is 22.3 Å². The smallest absolute Gasteiger partial charge is 0.313 e. The van der Waals surface area contributed by atoms with Crippen molar-refractivity contribution >= 4 is 17.6 Å². The predicted octanol–water partition coefficient (Wildman–Crippen LogP) is 2.06. The second-order valence-corrected chi connectivity index (χ2v) is 7.51. The summed E-state index contributed by atoms with van der Waals surface area (Å²) in [6, 6.07) is 4.11. The maximum Gasteiger partial charge on any atom is 0.313 e. The van der Waals surface area contributed by atoms with E-state index in [1.807, 2.05) is 20.8 Å². The first-order valence-corrected chi connectivity index (χ1v) is 8.16. The van der Waals surface area contributed by atoms with Crippen molar-refractivity contribution in [2.24, 2.45) is 15.9 Å². The summed E-state index contributed by atoms with van der Waals surface area (Å²) in [6.45, 7) is 7.19. The minimum atomic E-state index is -1.24. The number of nitrogens with one attached hydrogen (secondary N) is 1. The Bertz CT molecular complexity index is 801. The van der Waals surface area contributed by atoms with Crippen molar-refractivity contribution in [3.8, 4) is 11.5 Å². The van der Waals surface area contributed by atoms with E-state index in [9.17, 15) is 19.8 Å². The summed E-state index contributed by atoms with van der Waals surface area (Å²) in [5.41, 5.74) is 0.658. The van der Waals surface area contributed by atoms with Crippen LogP contribution in [0.15, 0.2) is 23.3 Å². The van der Waals surface area contributed by atoms with Gasteiger partial charge in [-0.25, -0.2) is 5.43 Å². The molecule has 7 heteroatoms. The third-order valence-corrected chi connectivity index (χ3v) is 6.15. The lowest BCUT2D eigenvalue weighted by molar-refractivity contribution is -0.168. The monoisotopic (exact) mass is 346 g/mol. The van der Waals surface area contributed by atoms with Gasteiger partial charge in [-0.1, -0.05) is 13.8 Å². The van der Waals surface area contributed by atoms with Crippen molar-refractivity contribution in [1.82, 2.24) is 5.43 Å². The van der Waals surface area contributed by atoms with E-state index in [-0.39, 0.29) is 17.5 Å². The van der Waals surface area contributed by atoms with Crippen molar-refractivity contribution in [2.75, 3.05) is 0 Å². The van der Waals surface area contributed by atoms with Crippen molar-refractivity contribution in [2.45, 2.75) is 46.1 Å². The molecule has 134 valence electrons. The van der Waals surface area contributed by atoms with Gasteiger partial charge in [0.05, 0.1) is 11.1 Å². The highest BCUT2D eigenvalue weighted by Crippen LogP contribution is 2.65. The Hall–Kier alpha value is -2.57. The normalized spacial score (nSPS) is 30.2. The van der Waals surface area contributed by atoms with E-state index in [1.54, 1.807) is 6.92 Å². The van der Waals surface area contributed by atoms with Crippen molar-refractivity contribution in [1.29, 1.82) is 0 Å². The summed E-state index contributed by atoms with van der Waals surface area (Å²) in [5, 5.41) is 23.2. The molecule has 0 spiro atoms. The summed E-state index contributed by atoms with van der Waals surface area (Å²) >= 11 is 0. The number of phenols is 2. The van der Waals surface area contributed by atoms with Crippen LogP contribution in [0.4, 0.5) is 0 Å². The lowest BCUT2D eigenvalue weighted by atomic mass is 9.66. The Morgan fingerprint density at radius 3 is 2.44 bits per heavy atom. The Morgan fingerprint density at radius 2 is 1.92 bits per heavy atom. The van der Waals surface area contributed by atoms with Gasteiger partial charge in [0.15, 0.2) is 5.60 Å². The molecule has 3 rings (SSSR count). The van der Waals surface area contributed by atoms with E-state index in [2.05, 4.69) is 10.5 Å². The van der Waals surface area contributed by atoms with E-state index in [0.29, 0.717) is 24.1 Å². The molecule has 1 aliphatic heterocycles. The number of ether oxygens (including phenoxy) is 1. The Balaban J connectivity index is 1.85.